The molecule has 0 amide bonds. The van der Waals surface area contributed by atoms with Crippen LogP contribution in [0.5, 0.6) is 0 Å². The normalized spacial score (nSPS) is 11.3. The molecule has 0 fully saturated rings. The Morgan fingerprint density at radius 3 is 2.33 bits per heavy atom. The van der Waals surface area contributed by atoms with Gasteiger partial charge < -0.3 is 5.32 Å². The number of anilines is 2. The lowest BCUT2D eigenvalue weighted by molar-refractivity contribution is -0.141. The Bertz CT molecular complexity index is 542. The van der Waals surface area contributed by atoms with E-state index >= 15 is 0 Å². The first-order valence-corrected chi connectivity index (χ1v) is 5.11. The maximum absolute atomic E-state index is 12.3. The molecule has 0 aliphatic carbocycles. The number of nitrogens with one attached hydrogen (secondary N) is 1. The summed E-state index contributed by atoms with van der Waals surface area (Å²) in [5, 5.41) is 2.84. The van der Waals surface area contributed by atoms with Crippen molar-refractivity contribution in [2.24, 2.45) is 0 Å². The number of hydrogen-bond acceptors (Lipinski definition) is 4. The molecular weight excluding hydrogens is 269 g/mol. The number of aromatic nitrogens is 3. The van der Waals surface area contributed by atoms with Crippen molar-refractivity contribution in [3.8, 4) is 0 Å². The summed E-state index contributed by atoms with van der Waals surface area (Å²) >= 11 is 5.74. The van der Waals surface area contributed by atoms with Crippen LogP contribution in [-0.4, -0.2) is 15.0 Å². The number of alkyl halides is 3. The molecule has 0 aliphatic rings. The molecule has 0 atom stereocenters. The largest absolute Gasteiger partial charge is 0.433 e. The summed E-state index contributed by atoms with van der Waals surface area (Å²) in [6, 6.07) is 2.10. The second-order valence-electron chi connectivity index (χ2n) is 3.25. The van der Waals surface area contributed by atoms with Crippen LogP contribution in [0.2, 0.25) is 5.15 Å². The first-order valence-electron chi connectivity index (χ1n) is 4.73. The van der Waals surface area contributed by atoms with Gasteiger partial charge >= 0.3 is 6.18 Å². The first kappa shape index (κ1) is 12.6. The summed E-state index contributed by atoms with van der Waals surface area (Å²) in [5.74, 6) is 0.251. The molecule has 2 aromatic heterocycles. The number of rotatable bonds is 2. The number of pyridine rings is 1. The monoisotopic (exact) mass is 274 g/mol. The Kier molecular flexibility index (Phi) is 3.33. The molecule has 0 unspecified atom stereocenters. The summed E-state index contributed by atoms with van der Waals surface area (Å²) in [7, 11) is 0. The van der Waals surface area contributed by atoms with E-state index in [1.165, 1.54) is 18.5 Å². The van der Waals surface area contributed by atoms with Gasteiger partial charge in [0.15, 0.2) is 11.0 Å². The second kappa shape index (κ2) is 4.77. The van der Waals surface area contributed by atoms with Crippen LogP contribution in [0.25, 0.3) is 0 Å². The van der Waals surface area contributed by atoms with E-state index in [1.807, 2.05) is 0 Å². The minimum absolute atomic E-state index is 0.123. The quantitative estimate of drug-likeness (QED) is 0.913. The van der Waals surface area contributed by atoms with Crippen LogP contribution in [0.3, 0.4) is 0 Å². The molecule has 0 saturated heterocycles. The molecule has 0 spiro atoms. The fourth-order valence-corrected chi connectivity index (χ4v) is 1.33. The number of halogens is 4. The Morgan fingerprint density at radius 2 is 1.78 bits per heavy atom. The third-order valence-electron chi connectivity index (χ3n) is 1.97. The molecule has 2 rings (SSSR count). The molecule has 0 saturated carbocycles. The summed E-state index contributed by atoms with van der Waals surface area (Å²) in [5.41, 5.74) is -0.622. The Balaban J connectivity index is 2.19. The lowest BCUT2D eigenvalue weighted by Gasteiger charge is -2.08. The van der Waals surface area contributed by atoms with E-state index in [9.17, 15) is 13.2 Å². The summed E-state index contributed by atoms with van der Waals surface area (Å²) in [4.78, 5) is 11.0. The summed E-state index contributed by atoms with van der Waals surface area (Å²) in [6.07, 6.45) is -0.596. The smallest absolute Gasteiger partial charge is 0.336 e. The maximum Gasteiger partial charge on any atom is 0.433 e. The topological polar surface area (TPSA) is 50.7 Å². The van der Waals surface area contributed by atoms with Gasteiger partial charge in [0.25, 0.3) is 0 Å². The van der Waals surface area contributed by atoms with Crippen LogP contribution < -0.4 is 5.32 Å². The predicted molar refractivity (Wildman–Crippen MR) is 59.6 cm³/mol. The van der Waals surface area contributed by atoms with Gasteiger partial charge in [-0.05, 0) is 12.1 Å². The van der Waals surface area contributed by atoms with E-state index in [2.05, 4.69) is 20.3 Å². The van der Waals surface area contributed by atoms with Gasteiger partial charge in [0.1, 0.15) is 5.69 Å². The Labute approximate surface area is 105 Å². The van der Waals surface area contributed by atoms with Gasteiger partial charge in [-0.2, -0.15) is 13.2 Å². The number of nitrogens with zero attached hydrogens (tertiary/aromatic N) is 3. The molecule has 0 aliphatic heterocycles. The van der Waals surface area contributed by atoms with Gasteiger partial charge in [-0.15, -0.1) is 0 Å². The van der Waals surface area contributed by atoms with Crippen LogP contribution in [0, 0.1) is 0 Å². The van der Waals surface area contributed by atoms with Crippen LogP contribution in [-0.2, 0) is 6.18 Å². The van der Waals surface area contributed by atoms with E-state index < -0.39 is 11.9 Å². The van der Waals surface area contributed by atoms with Crippen LogP contribution >= 0.6 is 11.6 Å². The van der Waals surface area contributed by atoms with Gasteiger partial charge in [-0.25, -0.2) is 15.0 Å². The molecule has 94 valence electrons. The average Bonchev–Trinajstić information content (AvgIpc) is 2.32. The van der Waals surface area contributed by atoms with E-state index in [0.29, 0.717) is 5.69 Å². The Morgan fingerprint density at radius 1 is 1.06 bits per heavy atom. The van der Waals surface area contributed by atoms with Gasteiger partial charge in [0.05, 0.1) is 11.9 Å². The second-order valence-corrected chi connectivity index (χ2v) is 3.61. The van der Waals surface area contributed by atoms with Crippen molar-refractivity contribution in [2.45, 2.75) is 6.18 Å². The minimum Gasteiger partial charge on any atom is -0.336 e. The van der Waals surface area contributed by atoms with Crippen LogP contribution in [0.4, 0.5) is 24.7 Å². The molecule has 4 nitrogen and oxygen atoms in total. The predicted octanol–water partition coefficient (Wildman–Crippen LogP) is 3.29. The minimum atomic E-state index is -4.46. The molecule has 8 heteroatoms. The third-order valence-corrected chi connectivity index (χ3v) is 2.25. The summed E-state index contributed by atoms with van der Waals surface area (Å²) in [6.45, 7) is 0. The molecule has 0 radical (unpaired) electrons. The first-order chi connectivity index (χ1) is 8.47. The standard InChI is InChI=1S/C10H6ClF3N4/c11-8-9(16-4-3-15-8)18-6-1-2-7(17-5-6)10(12,13)14/h1-5H,(H,16,18). The zero-order valence-electron chi connectivity index (χ0n) is 8.74. The highest BCUT2D eigenvalue weighted by Crippen LogP contribution is 2.28. The van der Waals surface area contributed by atoms with Crippen LogP contribution in [0.1, 0.15) is 5.69 Å². The molecule has 2 heterocycles. The van der Waals surface area contributed by atoms with Gasteiger partial charge in [0.2, 0.25) is 0 Å². The Hall–Kier alpha value is -1.89. The molecule has 0 aromatic carbocycles. The van der Waals surface area contributed by atoms with Crippen molar-refractivity contribution in [2.75, 3.05) is 5.32 Å². The molecule has 18 heavy (non-hydrogen) atoms. The lowest BCUT2D eigenvalue weighted by Crippen LogP contribution is -2.07. The SMILES string of the molecule is FC(F)(F)c1ccc(Nc2nccnc2Cl)cn1. The molecular formula is C10H6ClF3N4. The fourth-order valence-electron chi connectivity index (χ4n) is 1.18. The van der Waals surface area contributed by atoms with E-state index in [0.717, 1.165) is 12.3 Å². The van der Waals surface area contributed by atoms with Crippen LogP contribution in [0.15, 0.2) is 30.7 Å². The van der Waals surface area contributed by atoms with Crippen molar-refractivity contribution in [1.82, 2.24) is 15.0 Å². The summed E-state index contributed by atoms with van der Waals surface area (Å²) < 4.78 is 36.9. The number of hydrogen-bond donors (Lipinski definition) is 1. The maximum atomic E-state index is 12.3. The van der Waals surface area contributed by atoms with Gasteiger partial charge in [-0.3, -0.25) is 0 Å². The van der Waals surface area contributed by atoms with Crippen molar-refractivity contribution in [3.05, 3.63) is 41.6 Å². The highest BCUT2D eigenvalue weighted by Gasteiger charge is 2.32. The van der Waals surface area contributed by atoms with E-state index in [1.54, 1.807) is 0 Å². The van der Waals surface area contributed by atoms with Crippen molar-refractivity contribution in [1.29, 1.82) is 0 Å². The van der Waals surface area contributed by atoms with Crippen molar-refractivity contribution >= 4 is 23.1 Å². The van der Waals surface area contributed by atoms with Crippen molar-refractivity contribution in [3.63, 3.8) is 0 Å². The highest BCUT2D eigenvalue weighted by atomic mass is 35.5. The zero-order valence-corrected chi connectivity index (χ0v) is 9.50. The van der Waals surface area contributed by atoms with Crippen molar-refractivity contribution < 1.29 is 13.2 Å². The highest BCUT2D eigenvalue weighted by molar-refractivity contribution is 6.31. The van der Waals surface area contributed by atoms with Gasteiger partial charge in [0, 0.05) is 12.4 Å². The third kappa shape index (κ3) is 2.86. The van der Waals surface area contributed by atoms with Gasteiger partial charge in [-0.1, -0.05) is 11.6 Å². The molecule has 0 bridgehead atoms. The zero-order chi connectivity index (χ0) is 13.2. The molecule has 2 aromatic rings. The van der Waals surface area contributed by atoms with E-state index in [-0.39, 0.29) is 11.0 Å². The molecule has 1 N–H and O–H groups in total. The fraction of sp³-hybridized carbons (Fsp3) is 0.100. The lowest BCUT2D eigenvalue weighted by atomic mass is 10.3. The van der Waals surface area contributed by atoms with E-state index in [4.69, 9.17) is 11.6 Å². The average molecular weight is 275 g/mol.